The molecule has 0 spiro atoms. The smallest absolute Gasteiger partial charge is 0.342 e. The molecule has 0 radical (unpaired) electrons. The number of hydrogen-bond donors (Lipinski definition) is 1. The molecule has 1 aromatic rings. The lowest BCUT2D eigenvalue weighted by Crippen LogP contribution is -2.21. The SMILES string of the molecule is C#CCOC(=O)c1c(N)sc(C(=O)N(C)C)c1C. The van der Waals surface area contributed by atoms with Crippen LogP contribution >= 0.6 is 11.3 Å². The number of terminal acetylenes is 1. The van der Waals surface area contributed by atoms with Crippen LogP contribution in [0.2, 0.25) is 0 Å². The molecule has 0 aliphatic heterocycles. The Morgan fingerprint density at radius 3 is 2.61 bits per heavy atom. The molecule has 2 N–H and O–H groups in total. The maximum atomic E-state index is 11.9. The summed E-state index contributed by atoms with van der Waals surface area (Å²) in [6.07, 6.45) is 5.01. The van der Waals surface area contributed by atoms with Crippen molar-refractivity contribution in [2.24, 2.45) is 0 Å². The van der Waals surface area contributed by atoms with E-state index in [2.05, 4.69) is 5.92 Å². The van der Waals surface area contributed by atoms with Gasteiger partial charge in [0, 0.05) is 14.1 Å². The minimum atomic E-state index is -0.600. The number of nitrogens with two attached hydrogens (primary N) is 1. The van der Waals surface area contributed by atoms with E-state index < -0.39 is 5.97 Å². The Morgan fingerprint density at radius 1 is 1.50 bits per heavy atom. The molecule has 1 amide bonds. The Labute approximate surface area is 110 Å². The summed E-state index contributed by atoms with van der Waals surface area (Å²) in [5.41, 5.74) is 6.50. The molecule has 0 saturated carbocycles. The fourth-order valence-corrected chi connectivity index (χ4v) is 2.46. The number of nitrogen functional groups attached to an aromatic ring is 1. The van der Waals surface area contributed by atoms with E-state index >= 15 is 0 Å². The zero-order valence-electron chi connectivity index (χ0n) is 10.4. The number of carbonyl (C=O) groups excluding carboxylic acids is 2. The highest BCUT2D eigenvalue weighted by atomic mass is 32.1. The predicted molar refractivity (Wildman–Crippen MR) is 70.6 cm³/mol. The first-order valence-electron chi connectivity index (χ1n) is 5.11. The number of nitrogens with zero attached hydrogens (tertiary/aromatic N) is 1. The summed E-state index contributed by atoms with van der Waals surface area (Å²) < 4.78 is 4.82. The van der Waals surface area contributed by atoms with Crippen LogP contribution in [0.3, 0.4) is 0 Å². The van der Waals surface area contributed by atoms with Crippen molar-refractivity contribution in [1.82, 2.24) is 4.90 Å². The van der Waals surface area contributed by atoms with Crippen LogP contribution in [-0.2, 0) is 4.74 Å². The lowest BCUT2D eigenvalue weighted by Gasteiger charge is -2.09. The average molecular weight is 266 g/mol. The maximum Gasteiger partial charge on any atom is 0.342 e. The molecule has 96 valence electrons. The van der Waals surface area contributed by atoms with Gasteiger partial charge in [-0.25, -0.2) is 4.79 Å². The van der Waals surface area contributed by atoms with E-state index in [9.17, 15) is 9.59 Å². The van der Waals surface area contributed by atoms with Crippen molar-refractivity contribution in [2.75, 3.05) is 26.4 Å². The molecule has 0 unspecified atom stereocenters. The van der Waals surface area contributed by atoms with Crippen LogP contribution in [0.4, 0.5) is 5.00 Å². The van der Waals surface area contributed by atoms with Gasteiger partial charge in [-0.05, 0) is 12.5 Å². The molecule has 0 aliphatic carbocycles. The maximum absolute atomic E-state index is 11.9. The molecule has 0 atom stereocenters. The van der Waals surface area contributed by atoms with Crippen molar-refractivity contribution in [3.63, 3.8) is 0 Å². The van der Waals surface area contributed by atoms with Gasteiger partial charge in [0.05, 0.1) is 10.4 Å². The number of thiophene rings is 1. The molecule has 6 heteroatoms. The van der Waals surface area contributed by atoms with E-state index in [4.69, 9.17) is 16.9 Å². The van der Waals surface area contributed by atoms with E-state index in [0.717, 1.165) is 11.3 Å². The summed E-state index contributed by atoms with van der Waals surface area (Å²) in [6.45, 7) is 1.54. The number of esters is 1. The number of anilines is 1. The summed E-state index contributed by atoms with van der Waals surface area (Å²) >= 11 is 1.07. The molecule has 0 saturated heterocycles. The van der Waals surface area contributed by atoms with Crippen LogP contribution < -0.4 is 5.73 Å². The number of hydrogen-bond acceptors (Lipinski definition) is 5. The van der Waals surface area contributed by atoms with Gasteiger partial charge in [-0.2, -0.15) is 0 Å². The van der Waals surface area contributed by atoms with Crippen LogP contribution in [0.5, 0.6) is 0 Å². The summed E-state index contributed by atoms with van der Waals surface area (Å²) in [4.78, 5) is 25.5. The van der Waals surface area contributed by atoms with E-state index in [1.807, 2.05) is 0 Å². The Balaban J connectivity index is 3.13. The second-order valence-corrected chi connectivity index (χ2v) is 4.83. The van der Waals surface area contributed by atoms with Gasteiger partial charge in [0.2, 0.25) is 0 Å². The van der Waals surface area contributed by atoms with Crippen molar-refractivity contribution in [1.29, 1.82) is 0 Å². The molecule has 0 bridgehead atoms. The van der Waals surface area contributed by atoms with Crippen LogP contribution in [0.25, 0.3) is 0 Å². The Morgan fingerprint density at radius 2 is 2.11 bits per heavy atom. The minimum Gasteiger partial charge on any atom is -0.449 e. The monoisotopic (exact) mass is 266 g/mol. The first-order chi connectivity index (χ1) is 8.40. The lowest BCUT2D eigenvalue weighted by molar-refractivity contribution is 0.0557. The highest BCUT2D eigenvalue weighted by molar-refractivity contribution is 7.18. The molecular weight excluding hydrogens is 252 g/mol. The van der Waals surface area contributed by atoms with E-state index in [-0.39, 0.29) is 23.1 Å². The van der Waals surface area contributed by atoms with Crippen molar-refractivity contribution in [2.45, 2.75) is 6.92 Å². The van der Waals surface area contributed by atoms with Gasteiger partial charge >= 0.3 is 5.97 Å². The molecule has 18 heavy (non-hydrogen) atoms. The molecule has 0 fully saturated rings. The third-order valence-corrected chi connectivity index (χ3v) is 3.37. The Hall–Kier alpha value is -2.00. The Bertz CT molecular complexity index is 526. The molecule has 0 aliphatic rings. The van der Waals surface area contributed by atoms with Crippen molar-refractivity contribution in [3.05, 3.63) is 16.0 Å². The summed E-state index contributed by atoms with van der Waals surface area (Å²) in [5, 5.41) is 0.264. The molecule has 1 rings (SSSR count). The van der Waals surface area contributed by atoms with Crippen molar-refractivity contribution >= 4 is 28.2 Å². The average Bonchev–Trinajstić information content (AvgIpc) is 2.60. The third kappa shape index (κ3) is 2.63. The lowest BCUT2D eigenvalue weighted by atomic mass is 10.1. The predicted octanol–water partition coefficient (Wildman–Crippen LogP) is 1.13. The minimum absolute atomic E-state index is 0.121. The topological polar surface area (TPSA) is 72.6 Å². The highest BCUT2D eigenvalue weighted by Gasteiger charge is 2.24. The van der Waals surface area contributed by atoms with Crippen LogP contribution in [0, 0.1) is 19.3 Å². The number of rotatable bonds is 3. The van der Waals surface area contributed by atoms with E-state index in [1.54, 1.807) is 21.0 Å². The van der Waals surface area contributed by atoms with Crippen molar-refractivity contribution < 1.29 is 14.3 Å². The largest absolute Gasteiger partial charge is 0.449 e. The molecule has 0 aromatic carbocycles. The molecule has 1 heterocycles. The quantitative estimate of drug-likeness (QED) is 0.657. The van der Waals surface area contributed by atoms with Crippen LogP contribution in [0.1, 0.15) is 25.6 Å². The van der Waals surface area contributed by atoms with Gasteiger partial charge in [-0.1, -0.05) is 5.92 Å². The van der Waals surface area contributed by atoms with Gasteiger partial charge in [0.25, 0.3) is 5.91 Å². The van der Waals surface area contributed by atoms with Crippen LogP contribution in [-0.4, -0.2) is 37.5 Å². The first-order valence-corrected chi connectivity index (χ1v) is 5.92. The number of carbonyl (C=O) groups is 2. The second-order valence-electron chi connectivity index (χ2n) is 3.78. The van der Waals surface area contributed by atoms with E-state index in [0.29, 0.717) is 10.4 Å². The standard InChI is InChI=1S/C12H14N2O3S/c1-5-6-17-12(16)8-7(2)9(18-10(8)13)11(15)14(3)4/h1H,6,13H2,2-4H3. The molecular formula is C12H14N2O3S. The third-order valence-electron chi connectivity index (χ3n) is 2.27. The van der Waals surface area contributed by atoms with Gasteiger partial charge < -0.3 is 15.4 Å². The van der Waals surface area contributed by atoms with Gasteiger partial charge in [0.15, 0.2) is 6.61 Å². The van der Waals surface area contributed by atoms with Crippen molar-refractivity contribution in [3.8, 4) is 12.3 Å². The molecule has 5 nitrogen and oxygen atoms in total. The van der Waals surface area contributed by atoms with Gasteiger partial charge in [-0.3, -0.25) is 4.79 Å². The summed E-state index contributed by atoms with van der Waals surface area (Å²) in [6, 6.07) is 0. The summed E-state index contributed by atoms with van der Waals surface area (Å²) in [7, 11) is 3.27. The Kier molecular flexibility index (Phi) is 4.34. The van der Waals surface area contributed by atoms with Gasteiger partial charge in [0.1, 0.15) is 5.00 Å². The fourth-order valence-electron chi connectivity index (χ4n) is 1.38. The summed E-state index contributed by atoms with van der Waals surface area (Å²) in [5.74, 6) is 1.41. The number of amides is 1. The zero-order chi connectivity index (χ0) is 13.9. The second kappa shape index (κ2) is 5.56. The zero-order valence-corrected chi connectivity index (χ0v) is 11.3. The molecule has 1 aromatic heterocycles. The fraction of sp³-hybridized carbons (Fsp3) is 0.333. The first kappa shape index (κ1) is 14.1. The highest BCUT2D eigenvalue weighted by Crippen LogP contribution is 2.31. The van der Waals surface area contributed by atoms with Crippen LogP contribution in [0.15, 0.2) is 0 Å². The van der Waals surface area contributed by atoms with E-state index in [1.165, 1.54) is 4.90 Å². The van der Waals surface area contributed by atoms with Gasteiger partial charge in [-0.15, -0.1) is 17.8 Å². The normalized spacial score (nSPS) is 9.67. The number of ether oxygens (including phenoxy) is 1.